The molecular formula is C28H32O16. The third-order valence-corrected chi connectivity index (χ3v) is 7.54. The van der Waals surface area contributed by atoms with Crippen LogP contribution in [0.15, 0.2) is 39.5 Å². The van der Waals surface area contributed by atoms with E-state index in [4.69, 9.17) is 28.1 Å². The number of fused-ring (bicyclic) bond motifs is 1. The smallest absolute Gasteiger partial charge is 0.239 e. The van der Waals surface area contributed by atoms with Crippen LogP contribution in [0.1, 0.15) is 6.92 Å². The van der Waals surface area contributed by atoms with Crippen molar-refractivity contribution in [2.45, 2.75) is 68.3 Å². The van der Waals surface area contributed by atoms with Gasteiger partial charge in [0, 0.05) is 17.7 Å². The molecule has 0 saturated carbocycles. The Kier molecular flexibility index (Phi) is 8.90. The Morgan fingerprint density at radius 2 is 1.55 bits per heavy atom. The quantitative estimate of drug-likeness (QED) is 0.137. The predicted octanol–water partition coefficient (Wildman–Crippen LogP) is -1.38. The Labute approximate surface area is 248 Å². The first kappa shape index (κ1) is 31.7. The molecule has 16 nitrogen and oxygen atoms in total. The summed E-state index contributed by atoms with van der Waals surface area (Å²) in [6.07, 6.45) is -16.5. The summed E-state index contributed by atoms with van der Waals surface area (Å²) in [4.78, 5) is 13.9. The number of phenolic OH excluding ortho intramolecular Hbond substituents is 3. The monoisotopic (exact) mass is 624 g/mol. The average Bonchev–Trinajstić information content (AvgIpc) is 3.00. The van der Waals surface area contributed by atoms with E-state index in [1.807, 2.05) is 0 Å². The van der Waals surface area contributed by atoms with E-state index in [0.717, 1.165) is 18.2 Å². The summed E-state index contributed by atoms with van der Waals surface area (Å²) >= 11 is 0. The molecule has 9 N–H and O–H groups in total. The average molecular weight is 625 g/mol. The highest BCUT2D eigenvalue weighted by Gasteiger charge is 2.51. The molecule has 240 valence electrons. The molecule has 0 spiro atoms. The Morgan fingerprint density at radius 3 is 2.20 bits per heavy atom. The number of methoxy groups -OCH3 is 1. The molecule has 0 radical (unpaired) electrons. The molecule has 0 unspecified atom stereocenters. The fourth-order valence-electron chi connectivity index (χ4n) is 5.03. The molecule has 0 aliphatic carbocycles. The lowest BCUT2D eigenvalue weighted by Gasteiger charge is -2.45. The van der Waals surface area contributed by atoms with Crippen LogP contribution in [0.3, 0.4) is 0 Å². The molecule has 3 heterocycles. The van der Waals surface area contributed by atoms with Gasteiger partial charge in [0.1, 0.15) is 59.1 Å². The van der Waals surface area contributed by atoms with Gasteiger partial charge in [-0.25, -0.2) is 0 Å². The maximum Gasteiger partial charge on any atom is 0.239 e. The van der Waals surface area contributed by atoms with E-state index in [-0.39, 0.29) is 28.0 Å². The SMILES string of the molecule is COc1cc(O)c2c(=O)c(O[C@@H]3O[C@H](CO)[C@H](O)[C@H](O)[C@@H]3O[C@@H]3O[C@H](C)[C@H](O)[C@@H](O)[C@@H]3O)c(-c3ccc(O)c(O)c3)oc2c1. The van der Waals surface area contributed by atoms with Crippen LogP contribution in [0.4, 0.5) is 0 Å². The number of hydrogen-bond acceptors (Lipinski definition) is 16. The molecule has 2 aliphatic rings. The lowest BCUT2D eigenvalue weighted by Crippen LogP contribution is -2.64. The number of benzene rings is 2. The van der Waals surface area contributed by atoms with Gasteiger partial charge < -0.3 is 74.1 Å². The first-order chi connectivity index (χ1) is 20.9. The summed E-state index contributed by atoms with van der Waals surface area (Å²) in [5, 5.41) is 92.3. The van der Waals surface area contributed by atoms with E-state index in [1.54, 1.807) is 0 Å². The Morgan fingerprint density at radius 1 is 0.818 bits per heavy atom. The highest BCUT2D eigenvalue weighted by atomic mass is 16.8. The highest BCUT2D eigenvalue weighted by Crippen LogP contribution is 2.40. The molecule has 2 fully saturated rings. The van der Waals surface area contributed by atoms with Gasteiger partial charge in [0.05, 0.1) is 19.8 Å². The second kappa shape index (κ2) is 12.4. The molecule has 2 aromatic carbocycles. The first-order valence-corrected chi connectivity index (χ1v) is 13.4. The zero-order valence-electron chi connectivity index (χ0n) is 23.3. The highest BCUT2D eigenvalue weighted by molar-refractivity contribution is 5.88. The Hall–Kier alpha value is -3.71. The van der Waals surface area contributed by atoms with E-state index < -0.39 is 96.4 Å². The number of aliphatic hydroxyl groups excluding tert-OH is 6. The van der Waals surface area contributed by atoms with Gasteiger partial charge >= 0.3 is 0 Å². The molecule has 0 bridgehead atoms. The first-order valence-electron chi connectivity index (χ1n) is 13.4. The third kappa shape index (κ3) is 5.63. The van der Waals surface area contributed by atoms with Crippen molar-refractivity contribution in [3.8, 4) is 40.1 Å². The second-order valence-electron chi connectivity index (χ2n) is 10.4. The number of phenols is 3. The molecule has 5 rings (SSSR count). The Balaban J connectivity index is 1.63. The van der Waals surface area contributed by atoms with Gasteiger partial charge in [0.25, 0.3) is 0 Å². The predicted molar refractivity (Wildman–Crippen MR) is 145 cm³/mol. The van der Waals surface area contributed by atoms with Gasteiger partial charge in [-0.05, 0) is 25.1 Å². The van der Waals surface area contributed by atoms with Gasteiger partial charge in [-0.3, -0.25) is 4.79 Å². The molecule has 16 heteroatoms. The minimum atomic E-state index is -1.90. The number of ether oxygens (including phenoxy) is 5. The zero-order valence-corrected chi connectivity index (χ0v) is 23.3. The lowest BCUT2D eigenvalue weighted by atomic mass is 9.97. The van der Waals surface area contributed by atoms with Crippen LogP contribution in [0, 0.1) is 0 Å². The van der Waals surface area contributed by atoms with E-state index in [9.17, 15) is 50.8 Å². The molecule has 44 heavy (non-hydrogen) atoms. The number of aliphatic hydroxyl groups is 6. The van der Waals surface area contributed by atoms with Crippen molar-refractivity contribution >= 4 is 11.0 Å². The van der Waals surface area contributed by atoms with Crippen LogP contribution >= 0.6 is 0 Å². The minimum Gasteiger partial charge on any atom is -0.507 e. The Bertz CT molecular complexity index is 1560. The van der Waals surface area contributed by atoms with E-state index >= 15 is 0 Å². The molecular weight excluding hydrogens is 592 g/mol. The summed E-state index contributed by atoms with van der Waals surface area (Å²) < 4.78 is 33.7. The third-order valence-electron chi connectivity index (χ3n) is 7.54. The van der Waals surface area contributed by atoms with E-state index in [2.05, 4.69) is 0 Å². The van der Waals surface area contributed by atoms with Gasteiger partial charge in [0.2, 0.25) is 17.5 Å². The number of hydrogen-bond donors (Lipinski definition) is 9. The molecule has 0 amide bonds. The fraction of sp³-hybridized carbons (Fsp3) is 0.464. The van der Waals surface area contributed by atoms with Crippen molar-refractivity contribution in [3.05, 3.63) is 40.6 Å². The van der Waals surface area contributed by atoms with Crippen molar-refractivity contribution in [1.82, 2.24) is 0 Å². The van der Waals surface area contributed by atoms with Gasteiger partial charge in [-0.15, -0.1) is 0 Å². The normalized spacial score (nSPS) is 32.5. The summed E-state index contributed by atoms with van der Waals surface area (Å²) in [7, 11) is 1.32. The summed E-state index contributed by atoms with van der Waals surface area (Å²) in [5.41, 5.74) is -1.14. The van der Waals surface area contributed by atoms with Crippen LogP contribution < -0.4 is 14.9 Å². The van der Waals surface area contributed by atoms with Crippen molar-refractivity contribution in [2.75, 3.05) is 13.7 Å². The zero-order chi connectivity index (χ0) is 32.0. The maximum atomic E-state index is 13.9. The lowest BCUT2D eigenvalue weighted by molar-refractivity contribution is -0.354. The second-order valence-corrected chi connectivity index (χ2v) is 10.4. The van der Waals surface area contributed by atoms with Gasteiger partial charge in [0.15, 0.2) is 29.7 Å². The van der Waals surface area contributed by atoms with Crippen LogP contribution in [-0.2, 0) is 14.2 Å². The van der Waals surface area contributed by atoms with Crippen LogP contribution in [0.2, 0.25) is 0 Å². The topological polar surface area (TPSA) is 258 Å². The van der Waals surface area contributed by atoms with Crippen molar-refractivity contribution < 1.29 is 74.1 Å². The van der Waals surface area contributed by atoms with Crippen molar-refractivity contribution in [2.24, 2.45) is 0 Å². The summed E-state index contributed by atoms with van der Waals surface area (Å²) in [6, 6.07) is 5.88. The molecule has 2 saturated heterocycles. The number of aromatic hydroxyl groups is 3. The molecule has 2 aliphatic heterocycles. The molecule has 10 atom stereocenters. The van der Waals surface area contributed by atoms with Crippen molar-refractivity contribution in [3.63, 3.8) is 0 Å². The summed E-state index contributed by atoms with van der Waals surface area (Å²) in [5.74, 6) is -2.51. The molecule has 3 aromatic rings. The maximum absolute atomic E-state index is 13.9. The largest absolute Gasteiger partial charge is 0.507 e. The molecule has 1 aromatic heterocycles. The minimum absolute atomic E-state index is 0.00106. The number of rotatable bonds is 7. The van der Waals surface area contributed by atoms with E-state index in [0.29, 0.717) is 0 Å². The summed E-state index contributed by atoms with van der Waals surface area (Å²) in [6.45, 7) is 0.566. The van der Waals surface area contributed by atoms with Crippen LogP contribution in [-0.4, -0.2) is 121 Å². The van der Waals surface area contributed by atoms with Gasteiger partial charge in [-0.1, -0.05) is 0 Å². The fourth-order valence-corrected chi connectivity index (χ4v) is 5.03. The van der Waals surface area contributed by atoms with Crippen LogP contribution in [0.5, 0.6) is 28.7 Å². The standard InChI is InChI=1S/C28H32O16/c1-9-18(33)21(36)23(38)27(40-9)44-26-22(37)19(34)16(8-29)42-28(26)43-25-20(35)17-14(32)6-11(39-2)7-15(17)41-24(25)10-3-4-12(30)13(31)5-10/h3-7,9,16,18-19,21-23,26-34,36-38H,8H2,1-2H3/t9-,16-,18+,19+,21-,22+,23+,26+,27+,28+/m1/s1. The van der Waals surface area contributed by atoms with Gasteiger partial charge in [-0.2, -0.15) is 0 Å². The van der Waals surface area contributed by atoms with E-state index in [1.165, 1.54) is 26.2 Å². The van der Waals surface area contributed by atoms with Crippen molar-refractivity contribution in [1.29, 1.82) is 0 Å². The van der Waals surface area contributed by atoms with Crippen LogP contribution in [0.25, 0.3) is 22.3 Å².